The maximum Gasteiger partial charge on any atom is 0.214 e. The highest BCUT2D eigenvalue weighted by molar-refractivity contribution is 7.89. The summed E-state index contributed by atoms with van der Waals surface area (Å²) in [5, 5.41) is 0.128. The van der Waals surface area contributed by atoms with Crippen molar-refractivity contribution in [3.63, 3.8) is 0 Å². The lowest BCUT2D eigenvalue weighted by molar-refractivity contribution is 0.286. The van der Waals surface area contributed by atoms with Gasteiger partial charge in [0.25, 0.3) is 0 Å². The van der Waals surface area contributed by atoms with Gasteiger partial charge in [0, 0.05) is 18.5 Å². The van der Waals surface area contributed by atoms with Crippen molar-refractivity contribution in [2.45, 2.75) is 32.1 Å². The lowest BCUT2D eigenvalue weighted by atomic mass is 10.0. The van der Waals surface area contributed by atoms with Gasteiger partial charge >= 0.3 is 0 Å². The van der Waals surface area contributed by atoms with Crippen LogP contribution >= 0.6 is 11.6 Å². The molecule has 0 saturated carbocycles. The van der Waals surface area contributed by atoms with Gasteiger partial charge in [-0.2, -0.15) is 0 Å². The highest BCUT2D eigenvalue weighted by Gasteiger charge is 2.30. The van der Waals surface area contributed by atoms with Crippen molar-refractivity contribution in [1.82, 2.24) is 4.31 Å². The van der Waals surface area contributed by atoms with Gasteiger partial charge in [-0.1, -0.05) is 13.8 Å². The summed E-state index contributed by atoms with van der Waals surface area (Å²) in [6.45, 7) is 5.05. The molecule has 1 fully saturated rings. The van der Waals surface area contributed by atoms with Crippen LogP contribution in [0, 0.1) is 5.92 Å². The second-order valence-corrected chi connectivity index (χ2v) is 6.61. The predicted octanol–water partition coefficient (Wildman–Crippen LogP) is 1.68. The molecule has 1 heterocycles. The molecule has 1 saturated heterocycles. The molecule has 1 rings (SSSR count). The van der Waals surface area contributed by atoms with E-state index >= 15 is 0 Å². The van der Waals surface area contributed by atoms with Gasteiger partial charge in [-0.25, -0.2) is 12.7 Å². The quantitative estimate of drug-likeness (QED) is 0.703. The molecule has 0 N–H and O–H groups in total. The van der Waals surface area contributed by atoms with Crippen LogP contribution in [0.15, 0.2) is 0 Å². The molecular formula is C9H18ClNO2S. The highest BCUT2D eigenvalue weighted by atomic mass is 35.5. The topological polar surface area (TPSA) is 37.4 Å². The Labute approximate surface area is 91.5 Å². The molecule has 2 unspecified atom stereocenters. The Morgan fingerprint density at radius 3 is 2.64 bits per heavy atom. The average molecular weight is 240 g/mol. The van der Waals surface area contributed by atoms with Gasteiger partial charge in [0.15, 0.2) is 0 Å². The number of sulfonamides is 1. The van der Waals surface area contributed by atoms with Crippen molar-refractivity contribution in [2.75, 3.05) is 18.8 Å². The monoisotopic (exact) mass is 239 g/mol. The van der Waals surface area contributed by atoms with Gasteiger partial charge in [-0.15, -0.1) is 11.6 Å². The Bertz CT molecular complexity index is 279. The third-order valence-electron chi connectivity index (χ3n) is 2.62. The molecule has 84 valence electrons. The second-order valence-electron chi connectivity index (χ2n) is 3.96. The van der Waals surface area contributed by atoms with Crippen LogP contribution in [0.5, 0.6) is 0 Å². The van der Waals surface area contributed by atoms with E-state index in [4.69, 9.17) is 11.6 Å². The Morgan fingerprint density at radius 1 is 1.50 bits per heavy atom. The van der Waals surface area contributed by atoms with Gasteiger partial charge in [-0.05, 0) is 18.8 Å². The summed E-state index contributed by atoms with van der Waals surface area (Å²) in [5.41, 5.74) is 0. The molecule has 5 heteroatoms. The molecular weight excluding hydrogens is 222 g/mol. The molecule has 0 aliphatic carbocycles. The number of alkyl halides is 1. The largest absolute Gasteiger partial charge is 0.214 e. The second kappa shape index (κ2) is 4.81. The van der Waals surface area contributed by atoms with Crippen LogP contribution in [-0.4, -0.2) is 36.9 Å². The fraction of sp³-hybridized carbons (Fsp3) is 1.00. The normalized spacial score (nSPS) is 30.5. The Morgan fingerprint density at radius 2 is 2.14 bits per heavy atom. The first-order valence-electron chi connectivity index (χ1n) is 5.09. The van der Waals surface area contributed by atoms with E-state index in [0.717, 1.165) is 6.42 Å². The fourth-order valence-electron chi connectivity index (χ4n) is 1.72. The lowest BCUT2D eigenvalue weighted by Gasteiger charge is -2.33. The maximum atomic E-state index is 11.7. The molecule has 0 radical (unpaired) electrons. The van der Waals surface area contributed by atoms with Gasteiger partial charge in [0.1, 0.15) is 0 Å². The van der Waals surface area contributed by atoms with Crippen molar-refractivity contribution < 1.29 is 8.42 Å². The molecule has 1 aliphatic rings. The van der Waals surface area contributed by atoms with E-state index in [1.54, 1.807) is 4.31 Å². The number of hydrogen-bond donors (Lipinski definition) is 0. The summed E-state index contributed by atoms with van der Waals surface area (Å²) in [6, 6.07) is 0. The Kier molecular flexibility index (Phi) is 4.22. The third-order valence-corrected chi connectivity index (χ3v) is 5.31. The van der Waals surface area contributed by atoms with Gasteiger partial charge in [0.05, 0.1) is 5.75 Å². The molecule has 0 aromatic carbocycles. The van der Waals surface area contributed by atoms with Gasteiger partial charge in [-0.3, -0.25) is 0 Å². The van der Waals surface area contributed by atoms with E-state index in [-0.39, 0.29) is 17.0 Å². The SMILES string of the molecule is CCCS(=O)(=O)N1CCC(Cl)C(C)C1. The minimum Gasteiger partial charge on any atom is -0.212 e. The standard InChI is InChI=1S/C9H18ClNO2S/c1-3-6-14(12,13)11-5-4-9(10)8(2)7-11/h8-9H,3-7H2,1-2H3. The van der Waals surface area contributed by atoms with Crippen molar-refractivity contribution in [3.8, 4) is 0 Å². The van der Waals surface area contributed by atoms with E-state index in [1.807, 2.05) is 13.8 Å². The van der Waals surface area contributed by atoms with E-state index in [2.05, 4.69) is 0 Å². The summed E-state index contributed by atoms with van der Waals surface area (Å²) in [7, 11) is -3.02. The van der Waals surface area contributed by atoms with Crippen LogP contribution in [0.4, 0.5) is 0 Å². The number of rotatable bonds is 3. The smallest absolute Gasteiger partial charge is 0.212 e. The summed E-state index contributed by atoms with van der Waals surface area (Å²) in [6.07, 6.45) is 1.45. The molecule has 2 atom stereocenters. The zero-order chi connectivity index (χ0) is 10.8. The Hall–Kier alpha value is 0.200. The van der Waals surface area contributed by atoms with Crippen LogP contribution in [0.2, 0.25) is 0 Å². The van der Waals surface area contributed by atoms with Crippen molar-refractivity contribution in [3.05, 3.63) is 0 Å². The summed E-state index contributed by atoms with van der Waals surface area (Å²) in [4.78, 5) is 0. The van der Waals surface area contributed by atoms with Crippen molar-refractivity contribution in [2.24, 2.45) is 5.92 Å². The molecule has 0 spiro atoms. The molecule has 3 nitrogen and oxygen atoms in total. The zero-order valence-electron chi connectivity index (χ0n) is 8.74. The molecule has 0 amide bonds. The van der Waals surface area contributed by atoms with E-state index in [0.29, 0.717) is 19.5 Å². The van der Waals surface area contributed by atoms with Gasteiger partial charge < -0.3 is 0 Å². The van der Waals surface area contributed by atoms with Crippen molar-refractivity contribution >= 4 is 21.6 Å². The summed E-state index contributed by atoms with van der Waals surface area (Å²) in [5.74, 6) is 0.518. The van der Waals surface area contributed by atoms with E-state index in [1.165, 1.54) is 0 Å². The zero-order valence-corrected chi connectivity index (χ0v) is 10.3. The molecule has 0 bridgehead atoms. The van der Waals surface area contributed by atoms with E-state index < -0.39 is 10.0 Å². The maximum absolute atomic E-state index is 11.7. The average Bonchev–Trinajstić information content (AvgIpc) is 2.09. The Balaban J connectivity index is 2.63. The summed E-state index contributed by atoms with van der Waals surface area (Å²) < 4.78 is 25.0. The molecule has 0 aromatic heterocycles. The molecule has 14 heavy (non-hydrogen) atoms. The van der Waals surface area contributed by atoms with E-state index in [9.17, 15) is 8.42 Å². The number of nitrogens with zero attached hydrogens (tertiary/aromatic N) is 1. The van der Waals surface area contributed by atoms with Crippen LogP contribution in [0.1, 0.15) is 26.7 Å². The van der Waals surface area contributed by atoms with Crippen LogP contribution in [-0.2, 0) is 10.0 Å². The fourth-order valence-corrected chi connectivity index (χ4v) is 3.52. The number of piperidine rings is 1. The summed E-state index contributed by atoms with van der Waals surface area (Å²) >= 11 is 6.04. The van der Waals surface area contributed by atoms with Gasteiger partial charge in [0.2, 0.25) is 10.0 Å². The first-order chi connectivity index (χ1) is 6.47. The minimum absolute atomic E-state index is 0.128. The predicted molar refractivity (Wildman–Crippen MR) is 59.1 cm³/mol. The van der Waals surface area contributed by atoms with Crippen LogP contribution < -0.4 is 0 Å². The third kappa shape index (κ3) is 2.84. The molecule has 0 aromatic rings. The highest BCUT2D eigenvalue weighted by Crippen LogP contribution is 2.23. The van der Waals surface area contributed by atoms with Crippen LogP contribution in [0.3, 0.4) is 0 Å². The minimum atomic E-state index is -3.02. The number of halogens is 1. The van der Waals surface area contributed by atoms with Crippen molar-refractivity contribution in [1.29, 1.82) is 0 Å². The van der Waals surface area contributed by atoms with Crippen LogP contribution in [0.25, 0.3) is 0 Å². The molecule has 1 aliphatic heterocycles. The lowest BCUT2D eigenvalue weighted by Crippen LogP contribution is -2.44. The first-order valence-corrected chi connectivity index (χ1v) is 7.14. The first kappa shape index (κ1) is 12.3. The number of hydrogen-bond acceptors (Lipinski definition) is 2.